The number of carbonyl (C=O) groups excluding carboxylic acids is 1. The molecule has 0 spiro atoms. The predicted molar refractivity (Wildman–Crippen MR) is 141 cm³/mol. The van der Waals surface area contributed by atoms with E-state index in [4.69, 9.17) is 4.74 Å². The van der Waals surface area contributed by atoms with Crippen molar-refractivity contribution in [1.29, 1.82) is 0 Å². The molecule has 0 amide bonds. The van der Waals surface area contributed by atoms with E-state index in [9.17, 15) is 4.79 Å². The van der Waals surface area contributed by atoms with Crippen LogP contribution in [-0.4, -0.2) is 16.9 Å². The Morgan fingerprint density at radius 2 is 1.82 bits per heavy atom. The van der Waals surface area contributed by atoms with E-state index in [1.165, 1.54) is 57.8 Å². The van der Waals surface area contributed by atoms with Crippen LogP contribution in [0.5, 0.6) is 0 Å². The van der Waals surface area contributed by atoms with Gasteiger partial charge in [-0.2, -0.15) is 0 Å². The molecule has 0 aromatic heterocycles. The minimum atomic E-state index is -0.213. The molecule has 33 heavy (non-hydrogen) atoms. The van der Waals surface area contributed by atoms with E-state index in [0.717, 1.165) is 48.3 Å². The molecule has 4 aliphatic carbocycles. The van der Waals surface area contributed by atoms with Gasteiger partial charge in [0.15, 0.2) is 0 Å². The summed E-state index contributed by atoms with van der Waals surface area (Å²) in [5.74, 6) is 5.14. The highest BCUT2D eigenvalue weighted by Crippen LogP contribution is 2.67. The van der Waals surface area contributed by atoms with Crippen LogP contribution in [0.15, 0.2) is 11.6 Å². The molecule has 0 saturated heterocycles. The number of ether oxygens (including phenoxy) is 1. The number of allylic oxidation sites excluding steroid dienone is 1. The number of fused-ring (bicyclic) bond motifs is 5. The molecule has 0 aromatic rings. The third-order valence-corrected chi connectivity index (χ3v) is 11.2. The van der Waals surface area contributed by atoms with Crippen molar-refractivity contribution in [3.8, 4) is 0 Å². The maximum Gasteiger partial charge on any atom is 0.319 e. The smallest absolute Gasteiger partial charge is 0.319 e. The van der Waals surface area contributed by atoms with E-state index in [1.807, 2.05) is 6.92 Å². The molecule has 3 fully saturated rings. The van der Waals surface area contributed by atoms with Gasteiger partial charge >= 0.3 is 5.97 Å². The lowest BCUT2D eigenvalue weighted by Crippen LogP contribution is -2.51. The molecular weight excluding hydrogens is 472 g/mol. The van der Waals surface area contributed by atoms with Crippen LogP contribution in [0, 0.1) is 46.3 Å². The molecular formula is C30H49BrO2. The Morgan fingerprint density at radius 1 is 1.06 bits per heavy atom. The normalized spacial score (nSPS) is 42.1. The fourth-order valence-corrected chi connectivity index (χ4v) is 9.12. The average molecular weight is 522 g/mol. The van der Waals surface area contributed by atoms with Gasteiger partial charge in [0, 0.05) is 6.42 Å². The van der Waals surface area contributed by atoms with Crippen molar-refractivity contribution in [3.05, 3.63) is 11.6 Å². The molecule has 0 unspecified atom stereocenters. The molecule has 3 heteroatoms. The summed E-state index contributed by atoms with van der Waals surface area (Å²) in [4.78, 5) is 11.9. The Bertz CT molecular complexity index is 742. The van der Waals surface area contributed by atoms with Gasteiger partial charge in [-0.05, 0) is 98.2 Å². The van der Waals surface area contributed by atoms with E-state index in [0.29, 0.717) is 10.8 Å². The molecule has 4 aliphatic rings. The quantitative estimate of drug-likeness (QED) is 0.190. The van der Waals surface area contributed by atoms with Crippen LogP contribution < -0.4 is 0 Å². The summed E-state index contributed by atoms with van der Waals surface area (Å²) in [6, 6.07) is 0. The minimum Gasteiger partial charge on any atom is -0.461 e. The Labute approximate surface area is 212 Å². The third kappa shape index (κ3) is 4.88. The number of hydrogen-bond acceptors (Lipinski definition) is 2. The van der Waals surface area contributed by atoms with Crippen molar-refractivity contribution >= 4 is 21.9 Å². The zero-order valence-corrected chi connectivity index (χ0v) is 23.8. The predicted octanol–water partition coefficient (Wildman–Crippen LogP) is 8.72. The number of hydrogen-bond donors (Lipinski definition) is 0. The van der Waals surface area contributed by atoms with Crippen LogP contribution in [0.2, 0.25) is 0 Å². The number of carbonyl (C=O) groups is 1. The summed E-state index contributed by atoms with van der Waals surface area (Å²) in [5, 5.41) is 0. The first-order chi connectivity index (χ1) is 15.6. The largest absolute Gasteiger partial charge is 0.461 e. The summed E-state index contributed by atoms with van der Waals surface area (Å²) < 4.78 is 5.83. The van der Waals surface area contributed by atoms with Crippen molar-refractivity contribution in [2.45, 2.75) is 123 Å². The Kier molecular flexibility index (Phi) is 7.79. The van der Waals surface area contributed by atoms with Gasteiger partial charge in [-0.3, -0.25) is 4.79 Å². The highest BCUT2D eigenvalue weighted by Gasteiger charge is 2.59. The molecule has 0 N–H and O–H groups in total. The summed E-state index contributed by atoms with van der Waals surface area (Å²) in [6.45, 7) is 14.4. The second-order valence-corrected chi connectivity index (χ2v) is 14.6. The van der Waals surface area contributed by atoms with Crippen LogP contribution in [0.25, 0.3) is 0 Å². The highest BCUT2D eigenvalue weighted by molar-refractivity contribution is 9.10. The first-order valence-corrected chi connectivity index (χ1v) is 15.0. The second-order valence-electron chi connectivity index (χ2n) is 13.2. The first-order valence-electron chi connectivity index (χ1n) is 14.1. The minimum absolute atomic E-state index is 0.0739. The Balaban J connectivity index is 1.45. The van der Waals surface area contributed by atoms with Gasteiger partial charge in [0.25, 0.3) is 0 Å². The van der Waals surface area contributed by atoms with Crippen molar-refractivity contribution < 1.29 is 9.53 Å². The van der Waals surface area contributed by atoms with Crippen LogP contribution >= 0.6 is 15.9 Å². The number of halogens is 1. The van der Waals surface area contributed by atoms with Crippen molar-refractivity contribution in [1.82, 2.24) is 0 Å². The number of alkyl halides is 1. The fraction of sp³-hybridized carbons (Fsp3) is 0.900. The Morgan fingerprint density at radius 3 is 2.52 bits per heavy atom. The summed E-state index contributed by atoms with van der Waals surface area (Å²) in [6.07, 6.45) is 17.1. The van der Waals surface area contributed by atoms with Gasteiger partial charge in [0.05, 0.1) is 0 Å². The van der Waals surface area contributed by atoms with Crippen molar-refractivity contribution in [2.75, 3.05) is 0 Å². The molecule has 0 aromatic carbocycles. The third-order valence-electron chi connectivity index (χ3n) is 10.9. The maximum absolute atomic E-state index is 12.1. The SMILES string of the molecule is CC(C)CCC[C@@H](C)[C@H]1CC[C@@H]2[C@@H]3CC=C4C[C@@H](OC(=O)[C@@H](C)Br)CC[C@]4(C)[C@H]3CC[C@@]21C. The second kappa shape index (κ2) is 9.98. The van der Waals surface area contributed by atoms with Gasteiger partial charge in [-0.1, -0.05) is 81.5 Å². The summed E-state index contributed by atoms with van der Waals surface area (Å²) in [5.41, 5.74) is 2.49. The highest BCUT2D eigenvalue weighted by atomic mass is 79.9. The molecule has 9 atom stereocenters. The van der Waals surface area contributed by atoms with Gasteiger partial charge in [0.2, 0.25) is 0 Å². The first kappa shape index (κ1) is 25.8. The summed E-state index contributed by atoms with van der Waals surface area (Å²) >= 11 is 3.37. The van der Waals surface area contributed by atoms with E-state index < -0.39 is 0 Å². The van der Waals surface area contributed by atoms with Crippen LogP contribution in [0.1, 0.15) is 112 Å². The molecule has 3 saturated carbocycles. The van der Waals surface area contributed by atoms with E-state index in [2.05, 4.69) is 56.6 Å². The topological polar surface area (TPSA) is 26.3 Å². The zero-order chi connectivity index (χ0) is 24.0. The molecule has 0 bridgehead atoms. The van der Waals surface area contributed by atoms with Crippen LogP contribution in [0.3, 0.4) is 0 Å². The van der Waals surface area contributed by atoms with E-state index in [-0.39, 0.29) is 16.9 Å². The molecule has 4 rings (SSSR count). The number of esters is 1. The van der Waals surface area contributed by atoms with Crippen LogP contribution in [-0.2, 0) is 9.53 Å². The van der Waals surface area contributed by atoms with Gasteiger partial charge in [0.1, 0.15) is 10.9 Å². The molecule has 0 aliphatic heterocycles. The van der Waals surface area contributed by atoms with Crippen molar-refractivity contribution in [2.24, 2.45) is 46.3 Å². The van der Waals surface area contributed by atoms with Crippen molar-refractivity contribution in [3.63, 3.8) is 0 Å². The fourth-order valence-electron chi connectivity index (χ4n) is 9.01. The van der Waals surface area contributed by atoms with Gasteiger partial charge in [-0.25, -0.2) is 0 Å². The van der Waals surface area contributed by atoms with Gasteiger partial charge < -0.3 is 4.74 Å². The van der Waals surface area contributed by atoms with E-state index in [1.54, 1.807) is 5.57 Å². The zero-order valence-electron chi connectivity index (χ0n) is 22.2. The average Bonchev–Trinajstić information content (AvgIpc) is 3.11. The lowest BCUT2D eigenvalue weighted by atomic mass is 9.47. The molecule has 0 radical (unpaired) electrons. The molecule has 0 heterocycles. The Hall–Kier alpha value is -0.310. The lowest BCUT2D eigenvalue weighted by Gasteiger charge is -2.58. The monoisotopic (exact) mass is 520 g/mol. The van der Waals surface area contributed by atoms with Crippen LogP contribution in [0.4, 0.5) is 0 Å². The molecule has 188 valence electrons. The number of rotatable bonds is 7. The summed E-state index contributed by atoms with van der Waals surface area (Å²) in [7, 11) is 0. The molecule has 2 nitrogen and oxygen atoms in total. The lowest BCUT2D eigenvalue weighted by molar-refractivity contribution is -0.150. The maximum atomic E-state index is 12.1. The standard InChI is InChI=1S/C30H49BrO2/c1-19(2)8-7-9-20(3)25-12-13-26-24-11-10-22-18-23(33-28(32)21(4)31)14-16-29(22,5)27(24)15-17-30(25,26)6/h10,19-21,23-27H,7-9,11-18H2,1-6H3/t20-,21-,23+,24+,25-,26-,27+,29+,30-/m1/s1. The van der Waals surface area contributed by atoms with Gasteiger partial charge in [-0.15, -0.1) is 0 Å². The van der Waals surface area contributed by atoms with E-state index >= 15 is 0 Å².